The summed E-state index contributed by atoms with van der Waals surface area (Å²) in [7, 11) is -3.43. The third kappa shape index (κ3) is 5.63. The van der Waals surface area contributed by atoms with Crippen LogP contribution in [0.4, 0.5) is 16.3 Å². The lowest BCUT2D eigenvalue weighted by Crippen LogP contribution is -2.44. The van der Waals surface area contributed by atoms with Gasteiger partial charge in [-0.05, 0) is 50.1 Å². The number of hydrogen-bond donors (Lipinski definition) is 2. The number of benzene rings is 1. The maximum absolute atomic E-state index is 12.1. The van der Waals surface area contributed by atoms with E-state index in [4.69, 9.17) is 14.7 Å². The van der Waals surface area contributed by atoms with Gasteiger partial charge in [0, 0.05) is 54.1 Å². The molecule has 0 bridgehead atoms. The molecule has 10 nitrogen and oxygen atoms in total. The summed E-state index contributed by atoms with van der Waals surface area (Å²) in [4.78, 5) is 28.1. The van der Waals surface area contributed by atoms with E-state index in [1.807, 2.05) is 18.2 Å². The highest BCUT2D eigenvalue weighted by atomic mass is 32.2. The van der Waals surface area contributed by atoms with Crippen LogP contribution in [0.5, 0.6) is 0 Å². The van der Waals surface area contributed by atoms with E-state index in [1.165, 1.54) is 6.20 Å². The Bertz CT molecular complexity index is 1380. The van der Waals surface area contributed by atoms with Crippen LogP contribution in [0.25, 0.3) is 22.6 Å². The molecule has 0 radical (unpaired) electrons. The summed E-state index contributed by atoms with van der Waals surface area (Å²) in [6, 6.07) is 10.9. The molecule has 1 saturated heterocycles. The van der Waals surface area contributed by atoms with Crippen molar-refractivity contribution >= 4 is 27.4 Å². The number of aromatic nitrogens is 3. The van der Waals surface area contributed by atoms with Gasteiger partial charge in [-0.15, -0.1) is 0 Å². The van der Waals surface area contributed by atoms with E-state index in [2.05, 4.69) is 27.4 Å². The molecule has 2 N–H and O–H groups in total. The van der Waals surface area contributed by atoms with Gasteiger partial charge in [0.1, 0.15) is 5.82 Å². The second kappa shape index (κ2) is 9.82. The normalized spacial score (nSPS) is 18.1. The fourth-order valence-electron chi connectivity index (χ4n) is 3.97. The van der Waals surface area contributed by atoms with Gasteiger partial charge < -0.3 is 20.3 Å². The number of rotatable bonds is 6. The summed E-state index contributed by atoms with van der Waals surface area (Å²) in [5.41, 5.74) is 2.58. The van der Waals surface area contributed by atoms with Crippen LogP contribution in [0.3, 0.4) is 0 Å². The first-order chi connectivity index (χ1) is 17.3. The molecule has 1 aliphatic carbocycles. The molecule has 2 fully saturated rings. The predicted molar refractivity (Wildman–Crippen MR) is 137 cm³/mol. The van der Waals surface area contributed by atoms with Crippen molar-refractivity contribution in [1.29, 1.82) is 0 Å². The van der Waals surface area contributed by atoms with E-state index >= 15 is 0 Å². The molecular formula is C25H28N6O4S. The summed E-state index contributed by atoms with van der Waals surface area (Å²) >= 11 is 0. The van der Waals surface area contributed by atoms with Crippen molar-refractivity contribution in [1.82, 2.24) is 20.3 Å². The number of carbonyl (C=O) groups excluding carboxylic acids is 1. The maximum Gasteiger partial charge on any atom is 0.319 e. The second-order valence-corrected chi connectivity index (χ2v) is 11.2. The molecule has 1 saturated carbocycles. The van der Waals surface area contributed by atoms with E-state index < -0.39 is 9.84 Å². The Hall–Kier alpha value is -3.57. The zero-order chi connectivity index (χ0) is 25.3. The number of anilines is 2. The van der Waals surface area contributed by atoms with Gasteiger partial charge >= 0.3 is 6.03 Å². The first-order valence-electron chi connectivity index (χ1n) is 11.8. The van der Waals surface area contributed by atoms with E-state index in [9.17, 15) is 13.2 Å². The fourth-order valence-corrected chi connectivity index (χ4v) is 4.56. The summed E-state index contributed by atoms with van der Waals surface area (Å²) in [5.74, 6) is 1.21. The van der Waals surface area contributed by atoms with Gasteiger partial charge in [-0.25, -0.2) is 23.2 Å². The highest BCUT2D eigenvalue weighted by Crippen LogP contribution is 2.29. The number of nitrogens with zero attached hydrogens (tertiary/aromatic N) is 4. The number of sulfone groups is 1. The Morgan fingerprint density at radius 3 is 2.56 bits per heavy atom. The van der Waals surface area contributed by atoms with Crippen molar-refractivity contribution in [2.24, 2.45) is 0 Å². The Morgan fingerprint density at radius 2 is 1.86 bits per heavy atom. The molecule has 2 aliphatic rings. The van der Waals surface area contributed by atoms with Crippen molar-refractivity contribution in [2.45, 2.75) is 36.7 Å². The van der Waals surface area contributed by atoms with Crippen LogP contribution in [0.15, 0.2) is 53.7 Å². The third-order valence-corrected chi connectivity index (χ3v) is 7.20. The molecule has 1 aromatic carbocycles. The van der Waals surface area contributed by atoms with Crippen molar-refractivity contribution in [3.05, 3.63) is 48.8 Å². The van der Waals surface area contributed by atoms with Gasteiger partial charge in [-0.1, -0.05) is 0 Å². The zero-order valence-electron chi connectivity index (χ0n) is 20.1. The minimum Gasteiger partial charge on any atom is -0.377 e. The lowest BCUT2D eigenvalue weighted by atomic mass is 10.1. The van der Waals surface area contributed by atoms with Crippen LogP contribution in [0.2, 0.25) is 0 Å². The molecule has 3 aromatic rings. The zero-order valence-corrected chi connectivity index (χ0v) is 21.0. The number of urea groups is 1. The highest BCUT2D eigenvalue weighted by molar-refractivity contribution is 7.90. The molecule has 1 unspecified atom stereocenters. The molecule has 2 aromatic heterocycles. The van der Waals surface area contributed by atoms with Crippen LogP contribution >= 0.6 is 0 Å². The van der Waals surface area contributed by atoms with Crippen molar-refractivity contribution in [3.8, 4) is 22.6 Å². The minimum atomic E-state index is -3.43. The van der Waals surface area contributed by atoms with E-state index in [1.54, 1.807) is 24.4 Å². The predicted octanol–water partition coefficient (Wildman–Crippen LogP) is 3.12. The number of nitrogens with one attached hydrogen (secondary N) is 2. The lowest BCUT2D eigenvalue weighted by molar-refractivity contribution is 0.0985. The van der Waals surface area contributed by atoms with Gasteiger partial charge in [0.25, 0.3) is 0 Å². The van der Waals surface area contributed by atoms with Crippen molar-refractivity contribution < 1.29 is 17.9 Å². The van der Waals surface area contributed by atoms with Crippen LogP contribution in [0, 0.1) is 0 Å². The number of carbonyl (C=O) groups is 1. The van der Waals surface area contributed by atoms with Crippen LogP contribution in [-0.4, -0.2) is 67.5 Å². The van der Waals surface area contributed by atoms with Crippen LogP contribution < -0.4 is 15.5 Å². The van der Waals surface area contributed by atoms with Crippen molar-refractivity contribution in [3.63, 3.8) is 0 Å². The maximum atomic E-state index is 12.1. The Kier molecular flexibility index (Phi) is 6.59. The third-order valence-electron chi connectivity index (χ3n) is 6.13. The molecular weight excluding hydrogens is 480 g/mol. The smallest absolute Gasteiger partial charge is 0.319 e. The van der Waals surface area contributed by atoms with Gasteiger partial charge in [0.15, 0.2) is 15.7 Å². The summed E-state index contributed by atoms with van der Waals surface area (Å²) in [5, 5.41) is 5.74. The van der Waals surface area contributed by atoms with Gasteiger partial charge in [-0.2, -0.15) is 0 Å². The van der Waals surface area contributed by atoms with Gasteiger partial charge in [0.2, 0.25) is 0 Å². The monoisotopic (exact) mass is 508 g/mol. The minimum absolute atomic E-state index is 0.117. The average Bonchev–Trinajstić information content (AvgIpc) is 3.68. The highest BCUT2D eigenvalue weighted by Gasteiger charge is 2.24. The molecule has 188 valence electrons. The Labute approximate surface area is 210 Å². The molecule has 0 spiro atoms. The van der Waals surface area contributed by atoms with Crippen LogP contribution in [-0.2, 0) is 14.6 Å². The number of morpholine rings is 1. The Balaban J connectivity index is 1.50. The SMILES string of the molecule is CC1COCCN1c1cc(-c2cncc(S(C)(=O)=O)c2)nc(-c2ccc(NC(=O)NC3CC3)cc2)n1. The lowest BCUT2D eigenvalue weighted by Gasteiger charge is -2.34. The molecule has 3 heterocycles. The summed E-state index contributed by atoms with van der Waals surface area (Å²) in [6.07, 6.45) is 6.12. The Morgan fingerprint density at radius 1 is 1.08 bits per heavy atom. The average molecular weight is 509 g/mol. The molecule has 1 atom stereocenters. The number of ether oxygens (including phenoxy) is 1. The van der Waals surface area contributed by atoms with Crippen molar-refractivity contribution in [2.75, 3.05) is 36.2 Å². The van der Waals surface area contributed by atoms with E-state index in [0.29, 0.717) is 42.5 Å². The van der Waals surface area contributed by atoms with Gasteiger partial charge in [-0.3, -0.25) is 4.98 Å². The summed E-state index contributed by atoms with van der Waals surface area (Å²) in [6.45, 7) is 3.92. The first-order valence-corrected chi connectivity index (χ1v) is 13.7. The molecule has 11 heteroatoms. The molecule has 36 heavy (non-hydrogen) atoms. The second-order valence-electron chi connectivity index (χ2n) is 9.18. The number of amides is 2. The number of pyridine rings is 1. The summed E-state index contributed by atoms with van der Waals surface area (Å²) < 4.78 is 29.8. The largest absolute Gasteiger partial charge is 0.377 e. The van der Waals surface area contributed by atoms with E-state index in [0.717, 1.165) is 30.5 Å². The quantitative estimate of drug-likeness (QED) is 0.520. The first kappa shape index (κ1) is 24.1. The standard InChI is InChI=1S/C25H28N6O4S/c1-16-15-35-10-9-31(16)23-12-22(18-11-21(14-26-13-18)36(2,33)34)29-24(30-23)17-3-5-19(6-4-17)27-25(32)28-20-7-8-20/h3-6,11-14,16,20H,7-10,15H2,1-2H3,(H2,27,28,32). The molecule has 1 aliphatic heterocycles. The fraction of sp³-hybridized carbons (Fsp3) is 0.360. The topological polar surface area (TPSA) is 126 Å². The van der Waals surface area contributed by atoms with E-state index in [-0.39, 0.29) is 23.0 Å². The molecule has 2 amide bonds. The molecule has 5 rings (SSSR count). The van der Waals surface area contributed by atoms with Gasteiger partial charge in [0.05, 0.1) is 29.8 Å². The number of hydrogen-bond acceptors (Lipinski definition) is 8. The van der Waals surface area contributed by atoms with Crippen LogP contribution in [0.1, 0.15) is 19.8 Å².